The second kappa shape index (κ2) is 5.27. The van der Waals surface area contributed by atoms with Gasteiger partial charge in [0.25, 0.3) is 0 Å². The van der Waals surface area contributed by atoms with E-state index >= 15 is 0 Å². The summed E-state index contributed by atoms with van der Waals surface area (Å²) in [6.45, 7) is 1.73. The van der Waals surface area contributed by atoms with Crippen LogP contribution in [0.15, 0.2) is 34.7 Å². The lowest BCUT2D eigenvalue weighted by Crippen LogP contribution is -1.96. The molecule has 2 rings (SSSR count). The van der Waals surface area contributed by atoms with Crippen LogP contribution in [0, 0.1) is 18.3 Å². The highest BCUT2D eigenvalue weighted by Gasteiger charge is 2.13. The molecule has 1 heterocycles. The molecule has 96 valence electrons. The first-order valence-corrected chi connectivity index (χ1v) is 5.55. The van der Waals surface area contributed by atoms with E-state index in [9.17, 15) is 4.79 Å². The fourth-order valence-electron chi connectivity index (χ4n) is 1.61. The molecule has 1 aromatic heterocycles. The topological polar surface area (TPSA) is 83.5 Å². The largest absolute Gasteiger partial charge is 0.486 e. The highest BCUT2D eigenvalue weighted by molar-refractivity contribution is 5.88. The smallest absolute Gasteiger partial charge is 0.339 e. The van der Waals surface area contributed by atoms with Gasteiger partial charge >= 0.3 is 5.97 Å². The van der Waals surface area contributed by atoms with Crippen molar-refractivity contribution in [3.8, 4) is 11.8 Å². The number of benzene rings is 1. The van der Waals surface area contributed by atoms with Crippen molar-refractivity contribution in [1.82, 2.24) is 0 Å². The molecule has 5 heteroatoms. The Balaban J connectivity index is 2.04. The van der Waals surface area contributed by atoms with Crippen LogP contribution in [0.4, 0.5) is 0 Å². The lowest BCUT2D eigenvalue weighted by atomic mass is 10.2. The van der Waals surface area contributed by atoms with E-state index in [0.717, 1.165) is 0 Å². The van der Waals surface area contributed by atoms with Crippen molar-refractivity contribution in [3.63, 3.8) is 0 Å². The van der Waals surface area contributed by atoms with E-state index in [-0.39, 0.29) is 12.2 Å². The first-order valence-electron chi connectivity index (χ1n) is 5.55. The Hall–Kier alpha value is -2.74. The number of aryl methyl sites for hydroxylation is 1. The highest BCUT2D eigenvalue weighted by Crippen LogP contribution is 2.18. The van der Waals surface area contributed by atoms with Crippen molar-refractivity contribution < 1.29 is 19.1 Å². The van der Waals surface area contributed by atoms with Crippen molar-refractivity contribution in [2.45, 2.75) is 13.5 Å². The summed E-state index contributed by atoms with van der Waals surface area (Å²) in [5, 5.41) is 17.6. The third-order valence-electron chi connectivity index (χ3n) is 2.56. The fraction of sp³-hybridized carbons (Fsp3) is 0.143. The van der Waals surface area contributed by atoms with Crippen LogP contribution in [-0.4, -0.2) is 11.1 Å². The van der Waals surface area contributed by atoms with Crippen LogP contribution in [0.2, 0.25) is 0 Å². The van der Waals surface area contributed by atoms with Crippen LogP contribution < -0.4 is 4.74 Å². The Labute approximate surface area is 109 Å². The average molecular weight is 257 g/mol. The molecule has 0 saturated carbocycles. The summed E-state index contributed by atoms with van der Waals surface area (Å²) >= 11 is 0. The van der Waals surface area contributed by atoms with Gasteiger partial charge in [-0.3, -0.25) is 0 Å². The molecule has 0 bridgehead atoms. The first-order chi connectivity index (χ1) is 9.10. The summed E-state index contributed by atoms with van der Waals surface area (Å²) in [6, 6.07) is 10.1. The zero-order chi connectivity index (χ0) is 13.8. The number of nitrogens with zero attached hydrogens (tertiary/aromatic N) is 1. The molecule has 5 nitrogen and oxygen atoms in total. The van der Waals surface area contributed by atoms with E-state index in [1.807, 2.05) is 6.07 Å². The van der Waals surface area contributed by atoms with Gasteiger partial charge in [-0.05, 0) is 37.3 Å². The summed E-state index contributed by atoms with van der Waals surface area (Å²) in [7, 11) is 0. The van der Waals surface area contributed by atoms with Crippen LogP contribution in [0.3, 0.4) is 0 Å². The molecule has 0 aliphatic rings. The molecular weight excluding hydrogens is 246 g/mol. The molecule has 0 amide bonds. The third kappa shape index (κ3) is 2.93. The molecule has 1 aromatic carbocycles. The maximum atomic E-state index is 10.8. The Kier molecular flexibility index (Phi) is 3.53. The number of carboxylic acid groups (broad SMARTS) is 1. The van der Waals surface area contributed by atoms with Gasteiger partial charge in [0.1, 0.15) is 29.4 Å². The van der Waals surface area contributed by atoms with Crippen molar-refractivity contribution >= 4 is 5.97 Å². The molecule has 0 aliphatic carbocycles. The van der Waals surface area contributed by atoms with E-state index in [0.29, 0.717) is 22.8 Å². The van der Waals surface area contributed by atoms with E-state index in [2.05, 4.69) is 0 Å². The van der Waals surface area contributed by atoms with Gasteiger partial charge in [-0.15, -0.1) is 0 Å². The van der Waals surface area contributed by atoms with Crippen LogP contribution in [0.25, 0.3) is 0 Å². The summed E-state index contributed by atoms with van der Waals surface area (Å²) in [4.78, 5) is 10.8. The maximum absolute atomic E-state index is 10.8. The number of hydrogen-bond acceptors (Lipinski definition) is 4. The summed E-state index contributed by atoms with van der Waals surface area (Å²) in [6.07, 6.45) is 0. The molecule has 0 spiro atoms. The minimum atomic E-state index is -1.02. The molecule has 0 radical (unpaired) electrons. The zero-order valence-electron chi connectivity index (χ0n) is 10.2. The van der Waals surface area contributed by atoms with Gasteiger partial charge in [-0.2, -0.15) is 5.26 Å². The molecular formula is C14H11NO4. The molecule has 2 aromatic rings. The van der Waals surface area contributed by atoms with Gasteiger partial charge < -0.3 is 14.3 Å². The number of carbonyl (C=O) groups is 1. The van der Waals surface area contributed by atoms with Crippen molar-refractivity contribution in [3.05, 3.63) is 53.0 Å². The Morgan fingerprint density at radius 3 is 2.63 bits per heavy atom. The fourth-order valence-corrected chi connectivity index (χ4v) is 1.61. The predicted octanol–water partition coefficient (Wildman–Crippen LogP) is 2.74. The standard InChI is InChI=1S/C14H11NO4/c1-9-13(14(16)17)6-12(19-9)8-18-11-4-2-10(7-15)3-5-11/h2-6H,8H2,1H3,(H,16,17). The van der Waals surface area contributed by atoms with Crippen molar-refractivity contribution in [2.75, 3.05) is 0 Å². The zero-order valence-corrected chi connectivity index (χ0v) is 10.2. The van der Waals surface area contributed by atoms with Gasteiger partial charge in [-0.25, -0.2) is 4.79 Å². The second-order valence-electron chi connectivity index (χ2n) is 3.91. The number of carboxylic acids is 1. The number of ether oxygens (including phenoxy) is 1. The SMILES string of the molecule is Cc1oc(COc2ccc(C#N)cc2)cc1C(=O)O. The van der Waals surface area contributed by atoms with Crippen molar-refractivity contribution in [1.29, 1.82) is 5.26 Å². The van der Waals surface area contributed by atoms with E-state index in [1.54, 1.807) is 31.2 Å². The Morgan fingerprint density at radius 2 is 2.11 bits per heavy atom. The van der Waals surface area contributed by atoms with Gasteiger partial charge in [-0.1, -0.05) is 0 Å². The average Bonchev–Trinajstić information content (AvgIpc) is 2.78. The number of furan rings is 1. The summed E-state index contributed by atoms with van der Waals surface area (Å²) < 4.78 is 10.7. The van der Waals surface area contributed by atoms with Crippen LogP contribution in [0.1, 0.15) is 27.4 Å². The Morgan fingerprint density at radius 1 is 1.42 bits per heavy atom. The molecule has 0 atom stereocenters. The maximum Gasteiger partial charge on any atom is 0.339 e. The minimum Gasteiger partial charge on any atom is -0.486 e. The van der Waals surface area contributed by atoms with Gasteiger partial charge in [0, 0.05) is 0 Å². The number of nitriles is 1. The molecule has 0 unspecified atom stereocenters. The Bertz CT molecular complexity index is 634. The summed E-state index contributed by atoms with van der Waals surface area (Å²) in [5.41, 5.74) is 0.688. The molecule has 0 fully saturated rings. The number of aromatic carboxylic acids is 1. The lowest BCUT2D eigenvalue weighted by molar-refractivity contribution is 0.0695. The monoisotopic (exact) mass is 257 g/mol. The molecule has 0 aliphatic heterocycles. The first kappa shape index (κ1) is 12.7. The third-order valence-corrected chi connectivity index (χ3v) is 2.56. The number of hydrogen-bond donors (Lipinski definition) is 1. The number of rotatable bonds is 4. The van der Waals surface area contributed by atoms with Gasteiger partial charge in [0.05, 0.1) is 11.6 Å². The van der Waals surface area contributed by atoms with Gasteiger partial charge in [0.15, 0.2) is 0 Å². The summed E-state index contributed by atoms with van der Waals surface area (Å²) in [5.74, 6) is 0.362. The van der Waals surface area contributed by atoms with Crippen LogP contribution in [-0.2, 0) is 6.61 Å². The van der Waals surface area contributed by atoms with E-state index in [1.165, 1.54) is 6.07 Å². The van der Waals surface area contributed by atoms with Crippen LogP contribution in [0.5, 0.6) is 5.75 Å². The molecule has 1 N–H and O–H groups in total. The predicted molar refractivity (Wildman–Crippen MR) is 65.9 cm³/mol. The van der Waals surface area contributed by atoms with E-state index in [4.69, 9.17) is 19.5 Å². The van der Waals surface area contributed by atoms with Gasteiger partial charge in [0.2, 0.25) is 0 Å². The molecule has 0 saturated heterocycles. The lowest BCUT2D eigenvalue weighted by Gasteiger charge is -2.03. The molecule has 19 heavy (non-hydrogen) atoms. The van der Waals surface area contributed by atoms with Crippen LogP contribution >= 0.6 is 0 Å². The second-order valence-corrected chi connectivity index (χ2v) is 3.91. The van der Waals surface area contributed by atoms with Crippen molar-refractivity contribution in [2.24, 2.45) is 0 Å². The minimum absolute atomic E-state index is 0.137. The van der Waals surface area contributed by atoms with E-state index < -0.39 is 5.97 Å². The highest BCUT2D eigenvalue weighted by atomic mass is 16.5. The normalized spacial score (nSPS) is 9.89. The quantitative estimate of drug-likeness (QED) is 0.910.